The summed E-state index contributed by atoms with van der Waals surface area (Å²) in [5.41, 5.74) is 1.87. The van der Waals surface area contributed by atoms with Crippen molar-refractivity contribution in [1.82, 2.24) is 0 Å². The summed E-state index contributed by atoms with van der Waals surface area (Å²) in [5, 5.41) is 6.55. The summed E-state index contributed by atoms with van der Waals surface area (Å²) in [5.74, 6) is -0.192. The maximum atomic E-state index is 12.8. The quantitative estimate of drug-likeness (QED) is 0.693. The summed E-state index contributed by atoms with van der Waals surface area (Å²) >= 11 is 0. The molecule has 0 amide bonds. The zero-order chi connectivity index (χ0) is 9.26. The van der Waals surface area contributed by atoms with Gasteiger partial charge in [-0.15, -0.1) is 0 Å². The molecule has 1 unspecified atom stereocenters. The fourth-order valence-corrected chi connectivity index (χ4v) is 1.54. The Hall–Kier alpha value is -1.25. The van der Waals surface area contributed by atoms with Crippen molar-refractivity contribution in [3.8, 4) is 0 Å². The van der Waals surface area contributed by atoms with Crippen molar-refractivity contribution in [3.05, 3.63) is 24.0 Å². The summed E-state index contributed by atoms with van der Waals surface area (Å²) < 4.78 is 12.8. The maximum absolute atomic E-state index is 12.8. The molecule has 2 nitrogen and oxygen atoms in total. The molecule has 1 aromatic carbocycles. The van der Waals surface area contributed by atoms with Crippen LogP contribution in [0.5, 0.6) is 0 Å². The predicted molar refractivity (Wildman–Crippen MR) is 52.6 cm³/mol. The standard InChI is InChI=1S/C10H13FN2/c1-2-8-6-12-10-5-7(11)3-4-9(10)13-8/h3-5,8,12-13H,2,6H2,1H3. The van der Waals surface area contributed by atoms with Gasteiger partial charge in [-0.25, -0.2) is 4.39 Å². The molecule has 0 spiro atoms. The van der Waals surface area contributed by atoms with Gasteiger partial charge in [0, 0.05) is 12.6 Å². The van der Waals surface area contributed by atoms with Gasteiger partial charge in [0.2, 0.25) is 0 Å². The van der Waals surface area contributed by atoms with Gasteiger partial charge in [0.05, 0.1) is 11.4 Å². The Labute approximate surface area is 77.2 Å². The minimum atomic E-state index is -0.192. The zero-order valence-corrected chi connectivity index (χ0v) is 7.60. The SMILES string of the molecule is CCC1CNc2cc(F)ccc2N1. The van der Waals surface area contributed by atoms with E-state index in [0.717, 1.165) is 24.3 Å². The van der Waals surface area contributed by atoms with Crippen LogP contribution in [0.15, 0.2) is 18.2 Å². The average molecular weight is 180 g/mol. The molecular formula is C10H13FN2. The van der Waals surface area contributed by atoms with Crippen LogP contribution in [0.2, 0.25) is 0 Å². The molecule has 0 saturated carbocycles. The van der Waals surface area contributed by atoms with Crippen LogP contribution in [-0.4, -0.2) is 12.6 Å². The molecular weight excluding hydrogens is 167 g/mol. The van der Waals surface area contributed by atoms with Crippen LogP contribution in [0, 0.1) is 5.82 Å². The molecule has 0 aromatic heterocycles. The Kier molecular flexibility index (Phi) is 2.08. The first-order chi connectivity index (χ1) is 6.29. The number of fused-ring (bicyclic) bond motifs is 1. The number of halogens is 1. The summed E-state index contributed by atoms with van der Waals surface area (Å²) in [7, 11) is 0. The van der Waals surface area contributed by atoms with E-state index in [-0.39, 0.29) is 5.82 Å². The molecule has 0 saturated heterocycles. The minimum absolute atomic E-state index is 0.192. The lowest BCUT2D eigenvalue weighted by Crippen LogP contribution is -2.32. The first kappa shape index (κ1) is 8.35. The van der Waals surface area contributed by atoms with E-state index in [4.69, 9.17) is 0 Å². The summed E-state index contributed by atoms with van der Waals surface area (Å²) in [6.07, 6.45) is 1.07. The van der Waals surface area contributed by atoms with Gasteiger partial charge < -0.3 is 10.6 Å². The molecule has 1 aliphatic heterocycles. The molecule has 1 aliphatic rings. The molecule has 0 fully saturated rings. The first-order valence-corrected chi connectivity index (χ1v) is 4.59. The third kappa shape index (κ3) is 1.59. The van der Waals surface area contributed by atoms with Crippen LogP contribution in [-0.2, 0) is 0 Å². The van der Waals surface area contributed by atoms with Gasteiger partial charge in [-0.3, -0.25) is 0 Å². The second-order valence-electron chi connectivity index (χ2n) is 3.32. The van der Waals surface area contributed by atoms with Gasteiger partial charge in [0.15, 0.2) is 0 Å². The molecule has 1 atom stereocenters. The lowest BCUT2D eigenvalue weighted by Gasteiger charge is -2.27. The number of benzene rings is 1. The van der Waals surface area contributed by atoms with Crippen LogP contribution in [0.3, 0.4) is 0 Å². The molecule has 0 aliphatic carbocycles. The maximum Gasteiger partial charge on any atom is 0.125 e. The van der Waals surface area contributed by atoms with Gasteiger partial charge in [0.1, 0.15) is 5.82 Å². The predicted octanol–water partition coefficient (Wildman–Crippen LogP) is 2.44. The van der Waals surface area contributed by atoms with Gasteiger partial charge in [-0.2, -0.15) is 0 Å². The average Bonchev–Trinajstić information content (AvgIpc) is 2.17. The van der Waals surface area contributed by atoms with Crippen LogP contribution >= 0.6 is 0 Å². The Morgan fingerprint density at radius 3 is 3.08 bits per heavy atom. The largest absolute Gasteiger partial charge is 0.381 e. The fraction of sp³-hybridized carbons (Fsp3) is 0.400. The zero-order valence-electron chi connectivity index (χ0n) is 7.60. The summed E-state index contributed by atoms with van der Waals surface area (Å²) in [4.78, 5) is 0. The van der Waals surface area contributed by atoms with E-state index in [1.807, 2.05) is 0 Å². The fourth-order valence-electron chi connectivity index (χ4n) is 1.54. The van der Waals surface area contributed by atoms with Crippen molar-refractivity contribution >= 4 is 11.4 Å². The van der Waals surface area contributed by atoms with Gasteiger partial charge >= 0.3 is 0 Å². The highest BCUT2D eigenvalue weighted by Crippen LogP contribution is 2.27. The molecule has 0 radical (unpaired) electrons. The van der Waals surface area contributed by atoms with E-state index in [0.29, 0.717) is 6.04 Å². The number of rotatable bonds is 1. The normalized spacial score (nSPS) is 20.0. The minimum Gasteiger partial charge on any atom is -0.381 e. The molecule has 1 heterocycles. The van der Waals surface area contributed by atoms with Crippen LogP contribution < -0.4 is 10.6 Å². The Morgan fingerprint density at radius 2 is 2.31 bits per heavy atom. The Bertz CT molecular complexity index is 312. The van der Waals surface area contributed by atoms with Crippen LogP contribution in [0.4, 0.5) is 15.8 Å². The highest BCUT2D eigenvalue weighted by atomic mass is 19.1. The van der Waals surface area contributed by atoms with E-state index in [9.17, 15) is 4.39 Å². The van der Waals surface area contributed by atoms with E-state index < -0.39 is 0 Å². The molecule has 13 heavy (non-hydrogen) atoms. The van der Waals surface area contributed by atoms with Crippen molar-refractivity contribution in [2.45, 2.75) is 19.4 Å². The van der Waals surface area contributed by atoms with Gasteiger partial charge in [-0.1, -0.05) is 6.92 Å². The first-order valence-electron chi connectivity index (χ1n) is 4.59. The summed E-state index contributed by atoms with van der Waals surface area (Å²) in [6, 6.07) is 5.23. The third-order valence-electron chi connectivity index (χ3n) is 2.37. The van der Waals surface area contributed by atoms with Crippen LogP contribution in [0.25, 0.3) is 0 Å². The topological polar surface area (TPSA) is 24.1 Å². The second kappa shape index (κ2) is 3.24. The van der Waals surface area contributed by atoms with E-state index >= 15 is 0 Å². The second-order valence-corrected chi connectivity index (χ2v) is 3.32. The summed E-state index contributed by atoms with van der Waals surface area (Å²) in [6.45, 7) is 3.00. The monoisotopic (exact) mass is 180 g/mol. The number of anilines is 2. The molecule has 0 bridgehead atoms. The van der Waals surface area contributed by atoms with Crippen LogP contribution in [0.1, 0.15) is 13.3 Å². The van der Waals surface area contributed by atoms with Gasteiger partial charge in [-0.05, 0) is 24.6 Å². The van der Waals surface area contributed by atoms with Crippen molar-refractivity contribution in [2.24, 2.45) is 0 Å². The van der Waals surface area contributed by atoms with E-state index in [1.165, 1.54) is 12.1 Å². The highest BCUT2D eigenvalue weighted by Gasteiger charge is 2.15. The van der Waals surface area contributed by atoms with Crippen molar-refractivity contribution < 1.29 is 4.39 Å². The number of nitrogens with one attached hydrogen (secondary N) is 2. The molecule has 2 N–H and O–H groups in total. The molecule has 3 heteroatoms. The number of hydrogen-bond acceptors (Lipinski definition) is 2. The third-order valence-corrected chi connectivity index (χ3v) is 2.37. The Balaban J connectivity index is 2.26. The van der Waals surface area contributed by atoms with Crippen molar-refractivity contribution in [2.75, 3.05) is 17.2 Å². The molecule has 1 aromatic rings. The van der Waals surface area contributed by atoms with E-state index in [2.05, 4.69) is 17.6 Å². The number of hydrogen-bond donors (Lipinski definition) is 2. The van der Waals surface area contributed by atoms with Crippen molar-refractivity contribution in [3.63, 3.8) is 0 Å². The Morgan fingerprint density at radius 1 is 1.46 bits per heavy atom. The van der Waals surface area contributed by atoms with Gasteiger partial charge in [0.25, 0.3) is 0 Å². The molecule has 2 rings (SSSR count). The molecule has 70 valence electrons. The lowest BCUT2D eigenvalue weighted by atomic mass is 10.1. The lowest BCUT2D eigenvalue weighted by molar-refractivity contribution is 0.626. The van der Waals surface area contributed by atoms with Crippen molar-refractivity contribution in [1.29, 1.82) is 0 Å². The van der Waals surface area contributed by atoms with E-state index in [1.54, 1.807) is 6.07 Å². The smallest absolute Gasteiger partial charge is 0.125 e. The highest BCUT2D eigenvalue weighted by molar-refractivity contribution is 5.71.